The lowest BCUT2D eigenvalue weighted by molar-refractivity contribution is 0.108. The molecule has 1 aromatic carbocycles. The van der Waals surface area contributed by atoms with Crippen LogP contribution >= 0.6 is 11.6 Å². The SMILES string of the molecule is CCC(Oc1cc2ncc(C#N)c(Cl)c2cc1OC)C1CCCNC1. The quantitative estimate of drug-likeness (QED) is 0.876. The molecule has 1 aromatic heterocycles. The fraction of sp³-hybridized carbons (Fsp3) is 0.474. The van der Waals surface area contributed by atoms with Crippen molar-refractivity contribution in [2.24, 2.45) is 5.92 Å². The van der Waals surface area contributed by atoms with Gasteiger partial charge in [-0.3, -0.25) is 4.98 Å². The van der Waals surface area contributed by atoms with E-state index in [1.807, 2.05) is 6.07 Å². The summed E-state index contributed by atoms with van der Waals surface area (Å²) in [6.07, 6.45) is 4.87. The number of nitriles is 1. The topological polar surface area (TPSA) is 67.2 Å². The van der Waals surface area contributed by atoms with Crippen LogP contribution in [0.3, 0.4) is 0 Å². The lowest BCUT2D eigenvalue weighted by atomic mass is 9.92. The highest BCUT2D eigenvalue weighted by molar-refractivity contribution is 6.36. The van der Waals surface area contributed by atoms with Crippen LogP contribution < -0.4 is 14.8 Å². The Balaban J connectivity index is 1.96. The number of nitrogens with one attached hydrogen (secondary N) is 1. The molecule has 2 aromatic rings. The molecule has 0 spiro atoms. The predicted molar refractivity (Wildman–Crippen MR) is 98.3 cm³/mol. The molecule has 0 aliphatic carbocycles. The van der Waals surface area contributed by atoms with Crippen molar-refractivity contribution in [3.63, 3.8) is 0 Å². The van der Waals surface area contributed by atoms with E-state index in [9.17, 15) is 0 Å². The third kappa shape index (κ3) is 3.65. The molecule has 0 saturated carbocycles. The van der Waals surface area contributed by atoms with Gasteiger partial charge in [-0.15, -0.1) is 0 Å². The minimum Gasteiger partial charge on any atom is -0.493 e. The smallest absolute Gasteiger partial charge is 0.163 e. The number of ether oxygens (including phenoxy) is 2. The summed E-state index contributed by atoms with van der Waals surface area (Å²) in [6, 6.07) is 5.70. The first-order chi connectivity index (χ1) is 12.2. The molecule has 2 unspecified atom stereocenters. The predicted octanol–water partition coefficient (Wildman–Crippen LogP) is 3.93. The van der Waals surface area contributed by atoms with Crippen LogP contribution in [0.5, 0.6) is 11.5 Å². The molecule has 3 rings (SSSR count). The van der Waals surface area contributed by atoms with Crippen LogP contribution in [0.15, 0.2) is 18.3 Å². The van der Waals surface area contributed by atoms with E-state index >= 15 is 0 Å². The van der Waals surface area contributed by atoms with Gasteiger partial charge < -0.3 is 14.8 Å². The maximum atomic E-state index is 9.12. The van der Waals surface area contributed by atoms with E-state index in [-0.39, 0.29) is 6.10 Å². The van der Waals surface area contributed by atoms with Crippen molar-refractivity contribution < 1.29 is 9.47 Å². The number of fused-ring (bicyclic) bond motifs is 1. The zero-order valence-electron chi connectivity index (χ0n) is 14.5. The van der Waals surface area contributed by atoms with E-state index in [4.69, 9.17) is 26.3 Å². The van der Waals surface area contributed by atoms with Gasteiger partial charge in [0.1, 0.15) is 12.2 Å². The van der Waals surface area contributed by atoms with Crippen LogP contribution in [-0.4, -0.2) is 31.3 Å². The standard InChI is InChI=1S/C19H22ClN3O2/c1-3-16(12-5-4-6-22-10-12)25-18-8-15-14(7-17(18)24-2)19(20)13(9-21)11-23-15/h7-8,11-12,16,22H,3-6,10H2,1-2H3. The highest BCUT2D eigenvalue weighted by Crippen LogP contribution is 2.37. The number of hydrogen-bond acceptors (Lipinski definition) is 5. The summed E-state index contributed by atoms with van der Waals surface area (Å²) < 4.78 is 11.8. The molecule has 0 bridgehead atoms. The molecular weight excluding hydrogens is 338 g/mol. The van der Waals surface area contributed by atoms with Crippen molar-refractivity contribution in [1.82, 2.24) is 10.3 Å². The van der Waals surface area contributed by atoms with Gasteiger partial charge in [0.15, 0.2) is 11.5 Å². The Hall–Kier alpha value is -2.03. The fourth-order valence-electron chi connectivity index (χ4n) is 3.37. The lowest BCUT2D eigenvalue weighted by Gasteiger charge is -2.31. The molecule has 0 amide bonds. The summed E-state index contributed by atoms with van der Waals surface area (Å²) in [6.45, 7) is 4.20. The summed E-state index contributed by atoms with van der Waals surface area (Å²) in [5.41, 5.74) is 1.04. The molecule has 0 radical (unpaired) electrons. The maximum absolute atomic E-state index is 9.12. The number of pyridine rings is 1. The summed E-state index contributed by atoms with van der Waals surface area (Å²) >= 11 is 6.31. The van der Waals surface area contributed by atoms with Gasteiger partial charge in [-0.05, 0) is 31.9 Å². The fourth-order valence-corrected chi connectivity index (χ4v) is 3.61. The monoisotopic (exact) mass is 359 g/mol. The molecule has 6 heteroatoms. The van der Waals surface area contributed by atoms with Crippen LogP contribution in [0.4, 0.5) is 0 Å². The number of nitrogens with zero attached hydrogens (tertiary/aromatic N) is 2. The largest absolute Gasteiger partial charge is 0.493 e. The number of rotatable bonds is 5. The van der Waals surface area contributed by atoms with Gasteiger partial charge in [-0.25, -0.2) is 0 Å². The number of piperidine rings is 1. The van der Waals surface area contributed by atoms with Gasteiger partial charge >= 0.3 is 0 Å². The van der Waals surface area contributed by atoms with Crippen molar-refractivity contribution >= 4 is 22.5 Å². The van der Waals surface area contributed by atoms with E-state index < -0.39 is 0 Å². The molecule has 1 aliphatic rings. The van der Waals surface area contributed by atoms with E-state index in [0.29, 0.717) is 38.9 Å². The van der Waals surface area contributed by atoms with Crippen LogP contribution in [0, 0.1) is 17.2 Å². The van der Waals surface area contributed by atoms with Crippen LogP contribution in [0.1, 0.15) is 31.7 Å². The molecule has 25 heavy (non-hydrogen) atoms. The van der Waals surface area contributed by atoms with Crippen molar-refractivity contribution in [3.8, 4) is 17.6 Å². The molecule has 1 N–H and O–H groups in total. The molecule has 1 saturated heterocycles. The molecule has 1 fully saturated rings. The first kappa shape index (κ1) is 17.8. The Labute approximate surface area is 152 Å². The van der Waals surface area contributed by atoms with Crippen molar-refractivity contribution in [2.75, 3.05) is 20.2 Å². The summed E-state index contributed by atoms with van der Waals surface area (Å²) in [5, 5.41) is 13.6. The summed E-state index contributed by atoms with van der Waals surface area (Å²) in [7, 11) is 1.60. The van der Waals surface area contributed by atoms with Gasteiger partial charge in [0, 0.05) is 30.1 Å². The Morgan fingerprint density at radius 1 is 1.44 bits per heavy atom. The van der Waals surface area contributed by atoms with Gasteiger partial charge in [0.2, 0.25) is 0 Å². The number of aromatic nitrogens is 1. The minimum atomic E-state index is 0.119. The second-order valence-corrected chi connectivity index (χ2v) is 6.67. The average molecular weight is 360 g/mol. The highest BCUT2D eigenvalue weighted by atomic mass is 35.5. The first-order valence-electron chi connectivity index (χ1n) is 8.61. The van der Waals surface area contributed by atoms with Crippen molar-refractivity contribution in [3.05, 3.63) is 28.9 Å². The highest BCUT2D eigenvalue weighted by Gasteiger charge is 2.25. The Bertz CT molecular complexity index is 797. The van der Waals surface area contributed by atoms with Gasteiger partial charge in [-0.2, -0.15) is 5.26 Å². The molecule has 132 valence electrons. The Morgan fingerprint density at radius 2 is 2.28 bits per heavy atom. The summed E-state index contributed by atoms with van der Waals surface area (Å²) in [5.74, 6) is 1.76. The van der Waals surface area contributed by atoms with Crippen LogP contribution in [0.25, 0.3) is 10.9 Å². The number of halogens is 1. The third-order valence-corrected chi connectivity index (χ3v) is 5.16. The zero-order valence-corrected chi connectivity index (χ0v) is 15.3. The zero-order chi connectivity index (χ0) is 17.8. The molecule has 5 nitrogen and oxygen atoms in total. The lowest BCUT2D eigenvalue weighted by Crippen LogP contribution is -2.39. The van der Waals surface area contributed by atoms with Crippen LogP contribution in [-0.2, 0) is 0 Å². The molecule has 2 heterocycles. The second-order valence-electron chi connectivity index (χ2n) is 6.29. The normalized spacial score (nSPS) is 18.6. The van der Waals surface area contributed by atoms with E-state index in [2.05, 4.69) is 23.3 Å². The number of benzene rings is 1. The van der Waals surface area contributed by atoms with Gasteiger partial charge in [0.05, 0.1) is 23.2 Å². The van der Waals surface area contributed by atoms with Crippen molar-refractivity contribution in [1.29, 1.82) is 5.26 Å². The number of hydrogen-bond donors (Lipinski definition) is 1. The van der Waals surface area contributed by atoms with Gasteiger partial charge in [0.25, 0.3) is 0 Å². The molecule has 2 atom stereocenters. The minimum absolute atomic E-state index is 0.119. The first-order valence-corrected chi connectivity index (χ1v) is 8.99. The summed E-state index contributed by atoms with van der Waals surface area (Å²) in [4.78, 5) is 4.34. The molecule has 1 aliphatic heterocycles. The van der Waals surface area contributed by atoms with Crippen LogP contribution in [0.2, 0.25) is 5.02 Å². The van der Waals surface area contributed by atoms with E-state index in [0.717, 1.165) is 25.9 Å². The average Bonchev–Trinajstić information content (AvgIpc) is 2.66. The van der Waals surface area contributed by atoms with E-state index in [1.165, 1.54) is 12.6 Å². The van der Waals surface area contributed by atoms with E-state index in [1.54, 1.807) is 13.2 Å². The maximum Gasteiger partial charge on any atom is 0.163 e. The van der Waals surface area contributed by atoms with Crippen molar-refractivity contribution in [2.45, 2.75) is 32.3 Å². The Kier molecular flexibility index (Phi) is 5.62. The van der Waals surface area contributed by atoms with Gasteiger partial charge in [-0.1, -0.05) is 18.5 Å². The number of methoxy groups -OCH3 is 1. The third-order valence-electron chi connectivity index (χ3n) is 4.75. The molecular formula is C19H22ClN3O2. The second kappa shape index (κ2) is 7.90. The Morgan fingerprint density at radius 3 is 2.92 bits per heavy atom.